The van der Waals surface area contributed by atoms with Crippen molar-refractivity contribution in [3.63, 3.8) is 0 Å². The van der Waals surface area contributed by atoms with Crippen molar-refractivity contribution in [3.05, 3.63) is 80.6 Å². The Morgan fingerprint density at radius 2 is 1.89 bits per heavy atom. The third kappa shape index (κ3) is 3.66. The van der Waals surface area contributed by atoms with Gasteiger partial charge in [0.2, 0.25) is 0 Å². The van der Waals surface area contributed by atoms with Crippen molar-refractivity contribution in [2.45, 2.75) is 44.5 Å². The van der Waals surface area contributed by atoms with Gasteiger partial charge in [-0.2, -0.15) is 0 Å². The van der Waals surface area contributed by atoms with Crippen LogP contribution in [0.3, 0.4) is 0 Å². The Hall–Kier alpha value is -2.48. The number of ether oxygens (including phenoxy) is 3. The first kappa shape index (κ1) is 17.9. The fourth-order valence-corrected chi connectivity index (χ4v) is 3.63. The highest BCUT2D eigenvalue weighted by Gasteiger charge is 2.50. The van der Waals surface area contributed by atoms with Gasteiger partial charge in [-0.25, -0.2) is 4.79 Å². The molecule has 7 heteroatoms. The van der Waals surface area contributed by atoms with Crippen molar-refractivity contribution in [2.24, 2.45) is 0 Å². The van der Waals surface area contributed by atoms with E-state index in [1.54, 1.807) is 0 Å². The summed E-state index contributed by atoms with van der Waals surface area (Å²) in [6, 6.07) is 10.9. The first-order valence-corrected chi connectivity index (χ1v) is 8.92. The van der Waals surface area contributed by atoms with Crippen molar-refractivity contribution in [1.29, 1.82) is 0 Å². The normalized spacial score (nSPS) is 26.0. The second-order valence-electron chi connectivity index (χ2n) is 7.25. The summed E-state index contributed by atoms with van der Waals surface area (Å²) in [5.41, 5.74) is 1.13. The molecule has 7 nitrogen and oxygen atoms in total. The number of benzene rings is 1. The number of aromatic nitrogens is 2. The van der Waals surface area contributed by atoms with E-state index in [-0.39, 0.29) is 18.2 Å². The van der Waals surface area contributed by atoms with E-state index in [0.717, 1.165) is 11.1 Å². The monoisotopic (exact) mass is 370 g/mol. The number of hydrogen-bond donors (Lipinski definition) is 1. The van der Waals surface area contributed by atoms with Gasteiger partial charge in [-0.3, -0.25) is 14.3 Å². The molecule has 1 aromatic carbocycles. The maximum atomic E-state index is 12.2. The van der Waals surface area contributed by atoms with Gasteiger partial charge in [0.1, 0.15) is 12.2 Å². The smallest absolute Gasteiger partial charge is 0.328 e. The number of aromatic amines is 1. The lowest BCUT2D eigenvalue weighted by Gasteiger charge is -2.21. The maximum absolute atomic E-state index is 12.2. The fourth-order valence-electron chi connectivity index (χ4n) is 3.63. The lowest BCUT2D eigenvalue weighted by Crippen LogP contribution is -2.37. The highest BCUT2D eigenvalue weighted by Crippen LogP contribution is 2.42. The van der Waals surface area contributed by atoms with Gasteiger partial charge >= 0.3 is 5.69 Å². The van der Waals surface area contributed by atoms with Gasteiger partial charge < -0.3 is 14.2 Å². The van der Waals surface area contributed by atoms with Crippen LogP contribution in [-0.4, -0.2) is 34.2 Å². The molecule has 4 rings (SSSR count). The Morgan fingerprint density at radius 3 is 2.63 bits per heavy atom. The van der Waals surface area contributed by atoms with E-state index in [4.69, 9.17) is 14.2 Å². The quantitative estimate of drug-likeness (QED) is 0.811. The van der Waals surface area contributed by atoms with Crippen molar-refractivity contribution in [3.8, 4) is 0 Å². The predicted molar refractivity (Wildman–Crippen MR) is 98.4 cm³/mol. The molecule has 27 heavy (non-hydrogen) atoms. The molecule has 1 aromatic heterocycles. The lowest BCUT2D eigenvalue weighted by atomic mass is 10.1. The van der Waals surface area contributed by atoms with E-state index in [9.17, 15) is 9.59 Å². The minimum Gasteiger partial charge on any atom is -0.372 e. The molecule has 0 unspecified atom stereocenters. The first-order chi connectivity index (χ1) is 12.9. The summed E-state index contributed by atoms with van der Waals surface area (Å²) in [6.07, 6.45) is 2.79. The summed E-state index contributed by atoms with van der Waals surface area (Å²) in [7, 11) is 0. The number of H-pyrrole nitrogens is 1. The SMILES string of the molecule is CC1(C)O[C@H]2[C@@H](O1)C(COCc1ccccc1)=C[C@@H]2n1ccc(=O)[nH]c1=O. The predicted octanol–water partition coefficient (Wildman–Crippen LogP) is 1.75. The molecule has 2 aliphatic rings. The molecule has 1 fully saturated rings. The van der Waals surface area contributed by atoms with Crippen LogP contribution in [0.15, 0.2) is 63.8 Å². The summed E-state index contributed by atoms with van der Waals surface area (Å²) in [4.78, 5) is 25.9. The van der Waals surface area contributed by atoms with Gasteiger partial charge in [0.05, 0.1) is 19.3 Å². The number of nitrogens with zero attached hydrogens (tertiary/aromatic N) is 1. The number of hydrogen-bond acceptors (Lipinski definition) is 5. The van der Waals surface area contributed by atoms with E-state index in [1.807, 2.05) is 50.3 Å². The number of fused-ring (bicyclic) bond motifs is 1. The van der Waals surface area contributed by atoms with Gasteiger partial charge in [0, 0.05) is 12.3 Å². The molecule has 0 amide bonds. The molecule has 2 aromatic rings. The van der Waals surface area contributed by atoms with Crippen LogP contribution in [0.25, 0.3) is 0 Å². The molecule has 0 bridgehead atoms. The Labute approximate surface area is 156 Å². The molecule has 142 valence electrons. The molecule has 1 aliphatic carbocycles. The van der Waals surface area contributed by atoms with Crippen molar-refractivity contribution < 1.29 is 14.2 Å². The van der Waals surface area contributed by atoms with Gasteiger partial charge in [-0.1, -0.05) is 36.4 Å². The zero-order chi connectivity index (χ0) is 19.0. The molecule has 0 saturated carbocycles. The minimum absolute atomic E-state index is 0.292. The summed E-state index contributed by atoms with van der Waals surface area (Å²) in [5, 5.41) is 0. The van der Waals surface area contributed by atoms with Crippen molar-refractivity contribution in [2.75, 3.05) is 6.61 Å². The third-order valence-electron chi connectivity index (χ3n) is 4.77. The van der Waals surface area contributed by atoms with E-state index in [0.29, 0.717) is 13.2 Å². The zero-order valence-electron chi connectivity index (χ0n) is 15.3. The topological polar surface area (TPSA) is 82.6 Å². The Balaban J connectivity index is 1.56. The Bertz CT molecular complexity index is 960. The number of rotatable bonds is 5. The average molecular weight is 370 g/mol. The summed E-state index contributed by atoms with van der Waals surface area (Å²) in [5.74, 6) is -0.752. The maximum Gasteiger partial charge on any atom is 0.328 e. The first-order valence-electron chi connectivity index (χ1n) is 8.92. The molecule has 2 heterocycles. The standard InChI is InChI=1S/C20H22N2O5/c1-20(2)26-17-14(12-25-11-13-6-4-3-5-7-13)10-15(18(17)27-20)22-9-8-16(23)21-19(22)24/h3-10,15,17-18H,11-12H2,1-2H3,(H,21,23,24)/t15-,17-,18+/m0/s1. The Kier molecular flexibility index (Phi) is 4.59. The summed E-state index contributed by atoms with van der Waals surface area (Å²) < 4.78 is 19.4. The second-order valence-corrected chi connectivity index (χ2v) is 7.25. The molecule has 1 saturated heterocycles. The van der Waals surface area contributed by atoms with Crippen LogP contribution >= 0.6 is 0 Å². The van der Waals surface area contributed by atoms with Crippen LogP contribution in [0.1, 0.15) is 25.5 Å². The van der Waals surface area contributed by atoms with Crippen molar-refractivity contribution in [1.82, 2.24) is 9.55 Å². The molecular weight excluding hydrogens is 348 g/mol. The largest absolute Gasteiger partial charge is 0.372 e. The Morgan fingerprint density at radius 1 is 1.11 bits per heavy atom. The molecule has 3 atom stereocenters. The van der Waals surface area contributed by atoms with Crippen LogP contribution in [0, 0.1) is 0 Å². The van der Waals surface area contributed by atoms with E-state index < -0.39 is 17.0 Å². The van der Waals surface area contributed by atoms with Gasteiger partial charge in [-0.15, -0.1) is 0 Å². The van der Waals surface area contributed by atoms with Crippen LogP contribution in [0.2, 0.25) is 0 Å². The lowest BCUT2D eigenvalue weighted by molar-refractivity contribution is -0.148. The minimum atomic E-state index is -0.752. The second kappa shape index (κ2) is 6.92. The summed E-state index contributed by atoms with van der Waals surface area (Å²) >= 11 is 0. The molecule has 0 spiro atoms. The zero-order valence-corrected chi connectivity index (χ0v) is 15.3. The van der Waals surface area contributed by atoms with Gasteiger partial charge in [-0.05, 0) is 25.0 Å². The van der Waals surface area contributed by atoms with Crippen LogP contribution in [0.4, 0.5) is 0 Å². The van der Waals surface area contributed by atoms with Gasteiger partial charge in [0.25, 0.3) is 5.56 Å². The molecular formula is C20H22N2O5. The highest BCUT2D eigenvalue weighted by atomic mass is 16.8. The third-order valence-corrected chi connectivity index (χ3v) is 4.77. The average Bonchev–Trinajstić information content (AvgIpc) is 3.10. The summed E-state index contributed by atoms with van der Waals surface area (Å²) in [6.45, 7) is 4.56. The van der Waals surface area contributed by atoms with E-state index >= 15 is 0 Å². The fraction of sp³-hybridized carbons (Fsp3) is 0.400. The highest BCUT2D eigenvalue weighted by molar-refractivity contribution is 5.26. The molecule has 0 radical (unpaired) electrons. The van der Waals surface area contributed by atoms with Gasteiger partial charge in [0.15, 0.2) is 5.79 Å². The van der Waals surface area contributed by atoms with Crippen molar-refractivity contribution >= 4 is 0 Å². The molecule has 1 N–H and O–H groups in total. The van der Waals surface area contributed by atoms with Crippen LogP contribution in [-0.2, 0) is 20.8 Å². The molecule has 1 aliphatic heterocycles. The van der Waals surface area contributed by atoms with Crippen LogP contribution in [0.5, 0.6) is 0 Å². The van der Waals surface area contributed by atoms with E-state index in [1.165, 1.54) is 16.8 Å². The van der Waals surface area contributed by atoms with E-state index in [2.05, 4.69) is 4.98 Å². The van der Waals surface area contributed by atoms with Crippen LogP contribution < -0.4 is 11.2 Å². The number of nitrogens with one attached hydrogen (secondary N) is 1.